The summed E-state index contributed by atoms with van der Waals surface area (Å²) in [5, 5.41) is 0.0563. The highest BCUT2D eigenvalue weighted by atomic mass is 35.6. The van der Waals surface area contributed by atoms with E-state index in [0.717, 1.165) is 5.56 Å². The molecule has 0 radical (unpaired) electrons. The normalized spacial score (nSPS) is 12.0. The Hall–Kier alpha value is -0.420. The molecule has 0 saturated heterocycles. The molecule has 18 heavy (non-hydrogen) atoms. The van der Waals surface area contributed by atoms with E-state index in [0.29, 0.717) is 5.75 Å². The lowest BCUT2D eigenvalue weighted by molar-refractivity contribution is -0.109. The molecule has 0 amide bonds. The van der Waals surface area contributed by atoms with Crippen LogP contribution in [0.15, 0.2) is 18.3 Å². The first-order valence-electron chi connectivity index (χ1n) is 4.90. The Morgan fingerprint density at radius 2 is 2.11 bits per heavy atom. The first-order valence-corrected chi connectivity index (χ1v) is 7.02. The van der Waals surface area contributed by atoms with E-state index >= 15 is 0 Å². The van der Waals surface area contributed by atoms with Gasteiger partial charge in [-0.05, 0) is 11.6 Å². The van der Waals surface area contributed by atoms with Crippen molar-refractivity contribution < 1.29 is 9.59 Å². The first-order chi connectivity index (χ1) is 8.30. The van der Waals surface area contributed by atoms with E-state index in [1.54, 1.807) is 18.3 Å². The molecule has 98 valence electrons. The predicted molar refractivity (Wildman–Crippen MR) is 77.6 cm³/mol. The van der Waals surface area contributed by atoms with Crippen LogP contribution in [0, 0.1) is 0 Å². The zero-order valence-corrected chi connectivity index (χ0v) is 12.5. The molecule has 0 unspecified atom stereocenters. The van der Waals surface area contributed by atoms with Crippen LogP contribution in [0.2, 0.25) is 0 Å². The molecule has 1 rings (SSSR count). The fourth-order valence-electron chi connectivity index (χ4n) is 1.14. The van der Waals surface area contributed by atoms with E-state index < -0.39 is 9.58 Å². The van der Waals surface area contributed by atoms with E-state index in [1.807, 2.05) is 6.08 Å². The van der Waals surface area contributed by atoms with Gasteiger partial charge >= 0.3 is 0 Å². The third-order valence-corrected chi connectivity index (χ3v) is 3.18. The molecule has 3 nitrogen and oxygen atoms in total. The zero-order valence-electron chi connectivity index (χ0n) is 9.38. The summed E-state index contributed by atoms with van der Waals surface area (Å²) in [6.07, 6.45) is 5.22. The lowest BCUT2D eigenvalue weighted by Crippen LogP contribution is -2.19. The van der Waals surface area contributed by atoms with Crippen LogP contribution in [0.3, 0.4) is 0 Å². The summed E-state index contributed by atoms with van der Waals surface area (Å²) in [5.41, 5.74) is 1.01. The zero-order chi connectivity index (χ0) is 13.8. The quantitative estimate of drug-likeness (QED) is 0.675. The molecule has 1 heterocycles. The van der Waals surface area contributed by atoms with Gasteiger partial charge in [-0.15, -0.1) is 0 Å². The van der Waals surface area contributed by atoms with Gasteiger partial charge in [-0.2, -0.15) is 0 Å². The smallest absolute Gasteiger partial charge is 0.254 e. The molecule has 1 aromatic heterocycles. The molecular weight excluding hydrogens is 317 g/mol. The summed E-state index contributed by atoms with van der Waals surface area (Å²) in [6, 6.07) is 1.58. The maximum atomic E-state index is 11.6. The number of ketones is 1. The van der Waals surface area contributed by atoms with Crippen molar-refractivity contribution in [2.75, 3.05) is 5.75 Å². The summed E-state index contributed by atoms with van der Waals surface area (Å²) in [6.45, 7) is 1.51. The lowest BCUT2D eigenvalue weighted by Gasteiger charge is -2.06. The van der Waals surface area contributed by atoms with Crippen LogP contribution in [0.1, 0.15) is 23.0 Å². The van der Waals surface area contributed by atoms with E-state index in [-0.39, 0.29) is 10.8 Å². The second-order valence-corrected chi connectivity index (χ2v) is 6.86. The third kappa shape index (κ3) is 5.06. The molecule has 0 saturated carbocycles. The highest BCUT2D eigenvalue weighted by Crippen LogP contribution is 2.30. The van der Waals surface area contributed by atoms with Crippen LogP contribution >= 0.6 is 46.6 Å². The van der Waals surface area contributed by atoms with Gasteiger partial charge in [0.15, 0.2) is 5.12 Å². The molecular formula is C11H10Cl3NO2S. The minimum absolute atomic E-state index is 0.0563. The molecule has 0 aliphatic rings. The molecule has 0 aliphatic carbocycles. The maximum Gasteiger partial charge on any atom is 0.254 e. The summed E-state index contributed by atoms with van der Waals surface area (Å²) >= 11 is 17.7. The largest absolute Gasteiger partial charge is 0.358 e. The molecule has 1 aromatic rings. The van der Waals surface area contributed by atoms with Crippen molar-refractivity contribution in [2.45, 2.75) is 10.7 Å². The molecule has 0 spiro atoms. The standard InChI is InChI=1S/C11H10Cl3NO2S/c1-7(16)18-4-2-3-8-5-9(15-6-8)10(17)11(12,13)14/h2-3,5-6,15H,4H2,1H3. The van der Waals surface area contributed by atoms with Gasteiger partial charge in [-0.25, -0.2) is 0 Å². The highest BCUT2D eigenvalue weighted by molar-refractivity contribution is 8.13. The van der Waals surface area contributed by atoms with Crippen LogP contribution in [0.25, 0.3) is 6.08 Å². The minimum atomic E-state index is -1.96. The topological polar surface area (TPSA) is 49.9 Å². The number of hydrogen-bond donors (Lipinski definition) is 1. The number of nitrogens with one attached hydrogen (secondary N) is 1. The number of aromatic nitrogens is 1. The minimum Gasteiger partial charge on any atom is -0.358 e. The molecule has 0 aromatic carbocycles. The van der Waals surface area contributed by atoms with E-state index in [4.69, 9.17) is 34.8 Å². The second-order valence-electron chi connectivity index (χ2n) is 3.38. The van der Waals surface area contributed by atoms with Crippen molar-refractivity contribution in [3.8, 4) is 0 Å². The molecule has 0 bridgehead atoms. The number of aromatic amines is 1. The van der Waals surface area contributed by atoms with Gasteiger partial charge in [-0.1, -0.05) is 58.7 Å². The number of halogens is 3. The van der Waals surface area contributed by atoms with Gasteiger partial charge in [0.1, 0.15) is 0 Å². The van der Waals surface area contributed by atoms with Crippen molar-refractivity contribution >= 4 is 63.5 Å². The lowest BCUT2D eigenvalue weighted by atomic mass is 10.2. The fourth-order valence-corrected chi connectivity index (χ4v) is 1.87. The van der Waals surface area contributed by atoms with Gasteiger partial charge < -0.3 is 4.98 Å². The van der Waals surface area contributed by atoms with Gasteiger partial charge in [0.25, 0.3) is 3.79 Å². The fraction of sp³-hybridized carbons (Fsp3) is 0.273. The Bertz CT molecular complexity index is 477. The average molecular weight is 327 g/mol. The Morgan fingerprint density at radius 3 is 2.67 bits per heavy atom. The highest BCUT2D eigenvalue weighted by Gasteiger charge is 2.32. The number of Topliss-reactive ketones (excluding diaryl/α,β-unsaturated/α-hetero) is 1. The number of rotatable bonds is 4. The van der Waals surface area contributed by atoms with E-state index in [9.17, 15) is 9.59 Å². The first kappa shape index (κ1) is 15.6. The van der Waals surface area contributed by atoms with E-state index in [2.05, 4.69) is 4.98 Å². The number of alkyl halides is 3. The predicted octanol–water partition coefficient (Wildman–Crippen LogP) is 3.86. The van der Waals surface area contributed by atoms with Gasteiger partial charge in [0, 0.05) is 18.9 Å². The van der Waals surface area contributed by atoms with Crippen LogP contribution < -0.4 is 0 Å². The molecule has 7 heteroatoms. The Labute approximate surface area is 124 Å². The number of hydrogen-bond acceptors (Lipinski definition) is 3. The number of H-pyrrole nitrogens is 1. The monoisotopic (exact) mass is 325 g/mol. The van der Waals surface area contributed by atoms with Crippen molar-refractivity contribution in [3.63, 3.8) is 0 Å². The van der Waals surface area contributed by atoms with Crippen LogP contribution in [-0.4, -0.2) is 25.4 Å². The molecule has 0 fully saturated rings. The number of carbonyl (C=O) groups is 2. The molecule has 0 atom stereocenters. The molecule has 1 N–H and O–H groups in total. The van der Waals surface area contributed by atoms with Crippen molar-refractivity contribution in [1.82, 2.24) is 4.98 Å². The summed E-state index contributed by atoms with van der Waals surface area (Å²) in [4.78, 5) is 25.0. The van der Waals surface area contributed by atoms with Crippen molar-refractivity contribution in [2.24, 2.45) is 0 Å². The van der Waals surface area contributed by atoms with Crippen molar-refractivity contribution in [1.29, 1.82) is 0 Å². The SMILES string of the molecule is CC(=O)SCC=Cc1c[nH]c(C(=O)C(Cl)(Cl)Cl)c1. The number of carbonyl (C=O) groups excluding carboxylic acids is 2. The third-order valence-electron chi connectivity index (χ3n) is 1.90. The summed E-state index contributed by atoms with van der Waals surface area (Å²) < 4.78 is -1.96. The van der Waals surface area contributed by atoms with Crippen molar-refractivity contribution in [3.05, 3.63) is 29.6 Å². The average Bonchev–Trinajstić information content (AvgIpc) is 2.70. The Kier molecular flexibility index (Phi) is 5.79. The maximum absolute atomic E-state index is 11.6. The van der Waals surface area contributed by atoms with Gasteiger partial charge in [0.2, 0.25) is 5.78 Å². The Balaban J connectivity index is 2.64. The summed E-state index contributed by atoms with van der Waals surface area (Å²) in [7, 11) is 0. The second kappa shape index (κ2) is 6.66. The van der Waals surface area contributed by atoms with Gasteiger partial charge in [-0.3, -0.25) is 9.59 Å². The van der Waals surface area contributed by atoms with Crippen LogP contribution in [0.4, 0.5) is 0 Å². The summed E-state index contributed by atoms with van der Waals surface area (Å²) in [5.74, 6) is -0.0286. The van der Waals surface area contributed by atoms with Gasteiger partial charge in [0.05, 0.1) is 5.69 Å². The van der Waals surface area contributed by atoms with Crippen LogP contribution in [0.5, 0.6) is 0 Å². The Morgan fingerprint density at radius 1 is 1.44 bits per heavy atom. The number of thioether (sulfide) groups is 1. The van der Waals surface area contributed by atoms with Crippen LogP contribution in [-0.2, 0) is 4.79 Å². The van der Waals surface area contributed by atoms with E-state index in [1.165, 1.54) is 18.7 Å². The molecule has 0 aliphatic heterocycles.